The zero-order chi connectivity index (χ0) is 14.1. The molecule has 0 saturated heterocycles. The number of ether oxygens (including phenoxy) is 1. The standard InChI is InChI=1S/C15H18O4/c1-2-5-13-10-12(14(18)11-17)6-7-15(13)19-9-4-3-8-16/h6-7,10,16-17H,2,5,8-9,11H2,1H3. The zero-order valence-corrected chi connectivity index (χ0v) is 11.0. The van der Waals surface area contributed by atoms with Gasteiger partial charge in [0.05, 0.1) is 0 Å². The molecule has 0 saturated carbocycles. The van der Waals surface area contributed by atoms with Crippen molar-refractivity contribution in [3.8, 4) is 17.6 Å². The molecule has 0 aliphatic carbocycles. The van der Waals surface area contributed by atoms with Crippen molar-refractivity contribution in [2.45, 2.75) is 19.8 Å². The van der Waals surface area contributed by atoms with E-state index >= 15 is 0 Å². The van der Waals surface area contributed by atoms with Gasteiger partial charge in [-0.1, -0.05) is 25.2 Å². The number of carbonyl (C=O) groups excluding carboxylic acids is 1. The first-order valence-electron chi connectivity index (χ1n) is 6.19. The van der Waals surface area contributed by atoms with Crippen molar-refractivity contribution in [3.05, 3.63) is 29.3 Å². The Morgan fingerprint density at radius 1 is 1.32 bits per heavy atom. The minimum Gasteiger partial charge on any atom is -0.481 e. The molecule has 0 heterocycles. The molecule has 0 aliphatic rings. The predicted molar refractivity (Wildman–Crippen MR) is 72.2 cm³/mol. The second-order valence-corrected chi connectivity index (χ2v) is 3.95. The van der Waals surface area contributed by atoms with E-state index in [4.69, 9.17) is 14.9 Å². The van der Waals surface area contributed by atoms with Crippen molar-refractivity contribution in [2.75, 3.05) is 19.8 Å². The molecule has 1 aromatic rings. The Bertz CT molecular complexity index is 483. The molecule has 0 amide bonds. The zero-order valence-electron chi connectivity index (χ0n) is 11.0. The molecule has 0 atom stereocenters. The Hall–Kier alpha value is -1.83. The van der Waals surface area contributed by atoms with Crippen LogP contribution in [0.1, 0.15) is 29.3 Å². The number of hydrogen-bond acceptors (Lipinski definition) is 4. The largest absolute Gasteiger partial charge is 0.481 e. The van der Waals surface area contributed by atoms with Crippen LogP contribution in [0.4, 0.5) is 0 Å². The van der Waals surface area contributed by atoms with Crippen molar-refractivity contribution in [1.82, 2.24) is 0 Å². The van der Waals surface area contributed by atoms with E-state index in [2.05, 4.69) is 11.8 Å². The van der Waals surface area contributed by atoms with Crippen LogP contribution in [-0.2, 0) is 6.42 Å². The number of hydrogen-bond donors (Lipinski definition) is 2. The highest BCUT2D eigenvalue weighted by Crippen LogP contribution is 2.22. The van der Waals surface area contributed by atoms with Gasteiger partial charge in [0.1, 0.15) is 25.6 Å². The Balaban J connectivity index is 2.87. The molecule has 0 radical (unpaired) electrons. The number of aryl methyl sites for hydroxylation is 1. The van der Waals surface area contributed by atoms with Gasteiger partial charge in [-0.3, -0.25) is 4.79 Å². The second-order valence-electron chi connectivity index (χ2n) is 3.95. The van der Waals surface area contributed by atoms with Gasteiger partial charge >= 0.3 is 0 Å². The van der Waals surface area contributed by atoms with Crippen LogP contribution in [-0.4, -0.2) is 35.8 Å². The van der Waals surface area contributed by atoms with Crippen LogP contribution in [0.3, 0.4) is 0 Å². The van der Waals surface area contributed by atoms with E-state index in [1.54, 1.807) is 18.2 Å². The Morgan fingerprint density at radius 3 is 2.74 bits per heavy atom. The summed E-state index contributed by atoms with van der Waals surface area (Å²) in [5, 5.41) is 17.4. The molecule has 1 aromatic carbocycles. The van der Waals surface area contributed by atoms with E-state index in [0.717, 1.165) is 18.4 Å². The number of carbonyl (C=O) groups is 1. The SMILES string of the molecule is CCCc1cc(C(=O)CO)ccc1OCC#CCO. The lowest BCUT2D eigenvalue weighted by molar-refractivity contribution is 0.0903. The maximum absolute atomic E-state index is 11.4. The number of Topliss-reactive ketones (excluding diaryl/α,β-unsaturated/α-hetero) is 1. The lowest BCUT2D eigenvalue weighted by Crippen LogP contribution is -2.06. The smallest absolute Gasteiger partial charge is 0.188 e. The first-order chi connectivity index (χ1) is 9.22. The first-order valence-corrected chi connectivity index (χ1v) is 6.19. The number of benzene rings is 1. The Labute approximate surface area is 113 Å². The lowest BCUT2D eigenvalue weighted by Gasteiger charge is -2.10. The van der Waals surface area contributed by atoms with Gasteiger partial charge in [-0.2, -0.15) is 0 Å². The van der Waals surface area contributed by atoms with E-state index < -0.39 is 6.61 Å². The summed E-state index contributed by atoms with van der Waals surface area (Å²) < 4.78 is 5.50. The predicted octanol–water partition coefficient (Wildman–Crippen LogP) is 1.19. The number of aliphatic hydroxyl groups is 2. The molecular weight excluding hydrogens is 244 g/mol. The Kier molecular flexibility index (Phi) is 6.65. The van der Waals surface area contributed by atoms with Crippen LogP contribution in [0.25, 0.3) is 0 Å². The second kappa shape index (κ2) is 8.30. The summed E-state index contributed by atoms with van der Waals surface area (Å²) in [7, 11) is 0. The van der Waals surface area contributed by atoms with Crippen LogP contribution < -0.4 is 4.74 Å². The summed E-state index contributed by atoms with van der Waals surface area (Å²) in [5.74, 6) is 5.56. The molecule has 0 unspecified atom stereocenters. The summed E-state index contributed by atoms with van der Waals surface area (Å²) in [6, 6.07) is 5.10. The average molecular weight is 262 g/mol. The van der Waals surface area contributed by atoms with E-state index in [1.807, 2.05) is 6.92 Å². The van der Waals surface area contributed by atoms with Gasteiger partial charge in [0, 0.05) is 5.56 Å². The van der Waals surface area contributed by atoms with Crippen LogP contribution in [0.5, 0.6) is 5.75 Å². The van der Waals surface area contributed by atoms with Gasteiger partial charge in [-0.05, 0) is 30.2 Å². The maximum Gasteiger partial charge on any atom is 0.188 e. The summed E-state index contributed by atoms with van der Waals surface area (Å²) in [4.78, 5) is 11.4. The average Bonchev–Trinajstić information content (AvgIpc) is 2.44. The molecule has 0 spiro atoms. The molecule has 0 aromatic heterocycles. The molecule has 19 heavy (non-hydrogen) atoms. The molecule has 4 heteroatoms. The van der Waals surface area contributed by atoms with Crippen LogP contribution in [0.15, 0.2) is 18.2 Å². The van der Waals surface area contributed by atoms with Crippen LogP contribution in [0.2, 0.25) is 0 Å². The van der Waals surface area contributed by atoms with E-state index in [9.17, 15) is 4.79 Å². The molecule has 1 rings (SSSR count). The third-order valence-electron chi connectivity index (χ3n) is 2.55. The van der Waals surface area contributed by atoms with Gasteiger partial charge < -0.3 is 14.9 Å². The molecule has 102 valence electrons. The number of ketones is 1. The van der Waals surface area contributed by atoms with Gasteiger partial charge in [0.25, 0.3) is 0 Å². The molecular formula is C15H18O4. The monoisotopic (exact) mass is 262 g/mol. The van der Waals surface area contributed by atoms with Gasteiger partial charge in [-0.15, -0.1) is 0 Å². The van der Waals surface area contributed by atoms with E-state index in [0.29, 0.717) is 11.3 Å². The highest BCUT2D eigenvalue weighted by atomic mass is 16.5. The quantitative estimate of drug-likeness (QED) is 0.597. The van der Waals surface area contributed by atoms with Crippen molar-refractivity contribution < 1.29 is 19.7 Å². The topological polar surface area (TPSA) is 66.8 Å². The van der Waals surface area contributed by atoms with E-state index in [1.165, 1.54) is 0 Å². The first kappa shape index (κ1) is 15.2. The molecule has 2 N–H and O–H groups in total. The van der Waals surface area contributed by atoms with Gasteiger partial charge in [-0.25, -0.2) is 0 Å². The fourth-order valence-corrected chi connectivity index (χ4v) is 1.67. The minimum absolute atomic E-state index is 0.185. The Morgan fingerprint density at radius 2 is 2.11 bits per heavy atom. The molecule has 4 nitrogen and oxygen atoms in total. The van der Waals surface area contributed by atoms with Crippen LogP contribution in [0, 0.1) is 11.8 Å². The number of aliphatic hydroxyl groups excluding tert-OH is 2. The normalized spacial score (nSPS) is 9.63. The highest BCUT2D eigenvalue weighted by Gasteiger charge is 2.09. The lowest BCUT2D eigenvalue weighted by atomic mass is 10.0. The van der Waals surface area contributed by atoms with E-state index in [-0.39, 0.29) is 19.0 Å². The fraction of sp³-hybridized carbons (Fsp3) is 0.400. The van der Waals surface area contributed by atoms with Gasteiger partial charge in [0.15, 0.2) is 5.78 Å². The van der Waals surface area contributed by atoms with Crippen molar-refractivity contribution in [1.29, 1.82) is 0 Å². The van der Waals surface area contributed by atoms with Gasteiger partial charge in [0.2, 0.25) is 0 Å². The molecule has 0 fully saturated rings. The van der Waals surface area contributed by atoms with Crippen LogP contribution >= 0.6 is 0 Å². The van der Waals surface area contributed by atoms with Crippen molar-refractivity contribution in [2.24, 2.45) is 0 Å². The molecule has 0 bridgehead atoms. The summed E-state index contributed by atoms with van der Waals surface area (Å²) in [5.41, 5.74) is 1.41. The third kappa shape index (κ3) is 4.74. The number of rotatable bonds is 6. The van der Waals surface area contributed by atoms with Crippen molar-refractivity contribution in [3.63, 3.8) is 0 Å². The third-order valence-corrected chi connectivity index (χ3v) is 2.55. The fourth-order valence-electron chi connectivity index (χ4n) is 1.67. The highest BCUT2D eigenvalue weighted by molar-refractivity contribution is 5.97. The summed E-state index contributed by atoms with van der Waals surface area (Å²) in [6.07, 6.45) is 1.71. The summed E-state index contributed by atoms with van der Waals surface area (Å²) >= 11 is 0. The maximum atomic E-state index is 11.4. The van der Waals surface area contributed by atoms with Crippen molar-refractivity contribution >= 4 is 5.78 Å². The minimum atomic E-state index is -0.492. The molecule has 0 aliphatic heterocycles. The summed E-state index contributed by atoms with van der Waals surface area (Å²) in [6.45, 7) is 1.56.